The standard InChI is InChI=1S/C20H26N2O3/c1-13-12-22(20(23)14-6-7-14)9-8-17(13)21-11-16-10-15-4-3-5-18(24-2)19(15)25-16/h3-5,10,13-14,17,21H,6-9,11-12H2,1-2H3/t13-,17+/m1/s1. The highest BCUT2D eigenvalue weighted by Gasteiger charge is 2.36. The number of hydrogen-bond acceptors (Lipinski definition) is 4. The molecule has 2 aromatic rings. The van der Waals surface area contributed by atoms with Crippen LogP contribution in [0.1, 0.15) is 31.9 Å². The van der Waals surface area contributed by atoms with Gasteiger partial charge in [0, 0.05) is 30.4 Å². The minimum atomic E-state index is 0.322. The fourth-order valence-corrected chi connectivity index (χ4v) is 3.81. The summed E-state index contributed by atoms with van der Waals surface area (Å²) in [6.07, 6.45) is 3.17. The topological polar surface area (TPSA) is 54.7 Å². The van der Waals surface area contributed by atoms with Gasteiger partial charge in [-0.2, -0.15) is 0 Å². The van der Waals surface area contributed by atoms with Gasteiger partial charge in [0.1, 0.15) is 5.76 Å². The van der Waals surface area contributed by atoms with Crippen molar-refractivity contribution in [3.63, 3.8) is 0 Å². The van der Waals surface area contributed by atoms with Crippen molar-refractivity contribution >= 4 is 16.9 Å². The number of furan rings is 1. The number of methoxy groups -OCH3 is 1. The predicted molar refractivity (Wildman–Crippen MR) is 96.5 cm³/mol. The second kappa shape index (κ2) is 6.71. The molecule has 1 aromatic carbocycles. The summed E-state index contributed by atoms with van der Waals surface area (Å²) in [6.45, 7) is 4.65. The summed E-state index contributed by atoms with van der Waals surface area (Å²) in [5.74, 6) is 2.83. The summed E-state index contributed by atoms with van der Waals surface area (Å²) in [5, 5.41) is 4.68. The molecular weight excluding hydrogens is 316 g/mol. The van der Waals surface area contributed by atoms with Crippen LogP contribution in [0.5, 0.6) is 5.75 Å². The van der Waals surface area contributed by atoms with Gasteiger partial charge in [0.05, 0.1) is 13.7 Å². The van der Waals surface area contributed by atoms with Crippen LogP contribution in [-0.2, 0) is 11.3 Å². The largest absolute Gasteiger partial charge is 0.493 e. The average Bonchev–Trinajstić information content (AvgIpc) is 3.38. The molecule has 2 fully saturated rings. The molecule has 0 radical (unpaired) electrons. The van der Waals surface area contributed by atoms with Crippen LogP contribution in [0, 0.1) is 11.8 Å². The molecule has 5 heteroatoms. The molecule has 1 aromatic heterocycles. The molecule has 1 saturated heterocycles. The number of para-hydroxylation sites is 1. The van der Waals surface area contributed by atoms with Crippen molar-refractivity contribution in [2.24, 2.45) is 11.8 Å². The zero-order valence-electron chi connectivity index (χ0n) is 15.0. The number of hydrogen-bond donors (Lipinski definition) is 1. The molecule has 2 aliphatic rings. The first-order chi connectivity index (χ1) is 12.2. The lowest BCUT2D eigenvalue weighted by atomic mass is 9.93. The Morgan fingerprint density at radius 2 is 2.20 bits per heavy atom. The van der Waals surface area contributed by atoms with E-state index in [9.17, 15) is 4.79 Å². The maximum atomic E-state index is 12.2. The van der Waals surface area contributed by atoms with Crippen LogP contribution in [0.4, 0.5) is 0 Å². The van der Waals surface area contributed by atoms with Gasteiger partial charge >= 0.3 is 0 Å². The first-order valence-electron chi connectivity index (χ1n) is 9.23. The van der Waals surface area contributed by atoms with Crippen molar-refractivity contribution in [3.05, 3.63) is 30.0 Å². The minimum Gasteiger partial charge on any atom is -0.493 e. The Kier molecular flexibility index (Phi) is 4.42. The lowest BCUT2D eigenvalue weighted by Gasteiger charge is -2.37. The third kappa shape index (κ3) is 3.38. The first kappa shape index (κ1) is 16.5. The summed E-state index contributed by atoms with van der Waals surface area (Å²) in [4.78, 5) is 14.3. The number of benzene rings is 1. The minimum absolute atomic E-state index is 0.322. The van der Waals surface area contributed by atoms with Gasteiger partial charge in [0.25, 0.3) is 0 Å². The summed E-state index contributed by atoms with van der Waals surface area (Å²) in [7, 11) is 1.66. The van der Waals surface area contributed by atoms with Crippen LogP contribution in [0.25, 0.3) is 11.0 Å². The maximum absolute atomic E-state index is 12.2. The number of rotatable bonds is 5. The van der Waals surface area contributed by atoms with Crippen LogP contribution < -0.4 is 10.1 Å². The van der Waals surface area contributed by atoms with E-state index >= 15 is 0 Å². The van der Waals surface area contributed by atoms with E-state index in [1.807, 2.05) is 18.2 Å². The highest BCUT2D eigenvalue weighted by Crippen LogP contribution is 2.33. The number of nitrogens with zero attached hydrogens (tertiary/aromatic N) is 1. The second-order valence-electron chi connectivity index (χ2n) is 7.40. The molecule has 1 aliphatic carbocycles. The summed E-state index contributed by atoms with van der Waals surface area (Å²) < 4.78 is 11.3. The smallest absolute Gasteiger partial charge is 0.225 e. The molecule has 0 spiro atoms. The van der Waals surface area contributed by atoms with Crippen molar-refractivity contribution in [2.75, 3.05) is 20.2 Å². The Bertz CT molecular complexity index is 765. The van der Waals surface area contributed by atoms with Crippen LogP contribution >= 0.6 is 0 Å². The van der Waals surface area contributed by atoms with Gasteiger partial charge in [0.15, 0.2) is 11.3 Å². The number of piperidine rings is 1. The second-order valence-corrected chi connectivity index (χ2v) is 7.40. The molecule has 1 N–H and O–H groups in total. The molecule has 134 valence electrons. The van der Waals surface area contributed by atoms with Gasteiger partial charge in [-0.15, -0.1) is 0 Å². The zero-order chi connectivity index (χ0) is 17.4. The Morgan fingerprint density at radius 3 is 2.92 bits per heavy atom. The molecule has 5 nitrogen and oxygen atoms in total. The van der Waals surface area contributed by atoms with Crippen LogP contribution in [0.2, 0.25) is 0 Å². The first-order valence-corrected chi connectivity index (χ1v) is 9.23. The van der Waals surface area contributed by atoms with Gasteiger partial charge in [0.2, 0.25) is 5.91 Å². The third-order valence-electron chi connectivity index (χ3n) is 5.46. The highest BCUT2D eigenvalue weighted by atomic mass is 16.5. The van der Waals surface area contributed by atoms with E-state index in [-0.39, 0.29) is 0 Å². The van der Waals surface area contributed by atoms with Crippen molar-refractivity contribution in [1.82, 2.24) is 10.2 Å². The van der Waals surface area contributed by atoms with E-state index < -0.39 is 0 Å². The monoisotopic (exact) mass is 342 g/mol. The van der Waals surface area contributed by atoms with Crippen molar-refractivity contribution in [3.8, 4) is 5.75 Å². The quantitative estimate of drug-likeness (QED) is 0.907. The van der Waals surface area contributed by atoms with Crippen molar-refractivity contribution in [1.29, 1.82) is 0 Å². The van der Waals surface area contributed by atoms with E-state index in [0.717, 1.165) is 54.8 Å². The van der Waals surface area contributed by atoms with Crippen LogP contribution in [0.3, 0.4) is 0 Å². The molecular formula is C20H26N2O3. The summed E-state index contributed by atoms with van der Waals surface area (Å²) in [5.41, 5.74) is 0.805. The molecule has 1 aliphatic heterocycles. The summed E-state index contributed by atoms with van der Waals surface area (Å²) in [6, 6.07) is 8.41. The molecule has 1 saturated carbocycles. The SMILES string of the molecule is COc1cccc2cc(CN[C@H]3CCN(C(=O)C4CC4)C[C@H]3C)oc12. The number of nitrogens with one attached hydrogen (secondary N) is 1. The van der Waals surface area contributed by atoms with Crippen LogP contribution in [-0.4, -0.2) is 37.0 Å². The number of ether oxygens (including phenoxy) is 1. The molecule has 1 amide bonds. The van der Waals surface area contributed by atoms with E-state index in [4.69, 9.17) is 9.15 Å². The predicted octanol–water partition coefficient (Wildman–Crippen LogP) is 3.18. The number of carbonyl (C=O) groups excluding carboxylic acids is 1. The Balaban J connectivity index is 1.36. The van der Waals surface area contributed by atoms with Crippen molar-refractivity contribution < 1.29 is 13.9 Å². The zero-order valence-corrected chi connectivity index (χ0v) is 15.0. The molecule has 25 heavy (non-hydrogen) atoms. The van der Waals surface area contributed by atoms with Crippen LogP contribution in [0.15, 0.2) is 28.7 Å². The fourth-order valence-electron chi connectivity index (χ4n) is 3.81. The molecule has 0 bridgehead atoms. The highest BCUT2D eigenvalue weighted by molar-refractivity contribution is 5.83. The normalized spacial score (nSPS) is 23.8. The van der Waals surface area contributed by atoms with Gasteiger partial charge < -0.3 is 19.4 Å². The van der Waals surface area contributed by atoms with Crippen molar-refractivity contribution in [2.45, 2.75) is 38.8 Å². The number of fused-ring (bicyclic) bond motifs is 1. The molecule has 2 heterocycles. The molecule has 0 unspecified atom stereocenters. The van der Waals surface area contributed by atoms with Gasteiger partial charge in [-0.1, -0.05) is 19.1 Å². The average molecular weight is 342 g/mol. The molecule has 4 rings (SSSR count). The Hall–Kier alpha value is -2.01. The van der Waals surface area contributed by atoms with Gasteiger partial charge in [-0.3, -0.25) is 4.79 Å². The lowest BCUT2D eigenvalue weighted by molar-refractivity contribution is -0.134. The van der Waals surface area contributed by atoms with Gasteiger partial charge in [-0.05, 0) is 37.3 Å². The number of amides is 1. The number of carbonyl (C=O) groups is 1. The van der Waals surface area contributed by atoms with E-state index in [0.29, 0.717) is 30.3 Å². The van der Waals surface area contributed by atoms with E-state index in [2.05, 4.69) is 23.2 Å². The third-order valence-corrected chi connectivity index (χ3v) is 5.46. The van der Waals surface area contributed by atoms with E-state index in [1.54, 1.807) is 7.11 Å². The Labute approximate surface area is 148 Å². The fraction of sp³-hybridized carbons (Fsp3) is 0.550. The lowest BCUT2D eigenvalue weighted by Crippen LogP contribution is -2.50. The van der Waals surface area contributed by atoms with E-state index in [1.165, 1.54) is 0 Å². The van der Waals surface area contributed by atoms with Gasteiger partial charge in [-0.25, -0.2) is 0 Å². The molecule has 2 atom stereocenters. The summed E-state index contributed by atoms with van der Waals surface area (Å²) >= 11 is 0. The maximum Gasteiger partial charge on any atom is 0.225 e. The Morgan fingerprint density at radius 1 is 1.36 bits per heavy atom. The number of likely N-dealkylation sites (tertiary alicyclic amines) is 1.